The molecule has 2 atom stereocenters. The Kier molecular flexibility index (Phi) is 4.53. The van der Waals surface area contributed by atoms with Crippen LogP contribution in [0.5, 0.6) is 5.75 Å². The molecule has 0 saturated carbocycles. The number of aromatic nitrogens is 3. The van der Waals surface area contributed by atoms with Crippen molar-refractivity contribution in [2.75, 3.05) is 20.2 Å². The third-order valence-electron chi connectivity index (χ3n) is 4.12. The van der Waals surface area contributed by atoms with E-state index in [0.29, 0.717) is 30.2 Å². The van der Waals surface area contributed by atoms with E-state index < -0.39 is 0 Å². The molecular weight excluding hydrogens is 308 g/mol. The van der Waals surface area contributed by atoms with Crippen molar-refractivity contribution in [1.82, 2.24) is 19.9 Å². The van der Waals surface area contributed by atoms with Gasteiger partial charge >= 0.3 is 0 Å². The van der Waals surface area contributed by atoms with Crippen molar-refractivity contribution in [2.45, 2.75) is 33.0 Å². The number of carbonyl (C=O) groups is 1. The molecule has 0 N–H and O–H groups in total. The highest BCUT2D eigenvalue weighted by atomic mass is 16.5. The van der Waals surface area contributed by atoms with E-state index >= 15 is 0 Å². The lowest BCUT2D eigenvalue weighted by Gasteiger charge is -2.34. The van der Waals surface area contributed by atoms with Crippen LogP contribution in [0.3, 0.4) is 0 Å². The largest absolute Gasteiger partial charge is 0.494 e. The highest BCUT2D eigenvalue weighted by molar-refractivity contribution is 5.93. The van der Waals surface area contributed by atoms with Gasteiger partial charge in [-0.1, -0.05) is 17.3 Å². The summed E-state index contributed by atoms with van der Waals surface area (Å²) in [5, 5.41) is 8.27. The Bertz CT molecular complexity index is 733. The van der Waals surface area contributed by atoms with E-state index in [-0.39, 0.29) is 18.1 Å². The van der Waals surface area contributed by atoms with Crippen LogP contribution in [0.25, 0.3) is 5.69 Å². The minimum absolute atomic E-state index is 0.0160. The first kappa shape index (κ1) is 16.4. The average Bonchev–Trinajstić information content (AvgIpc) is 2.94. The number of nitrogens with zero attached hydrogens (tertiary/aromatic N) is 4. The Morgan fingerprint density at radius 2 is 1.92 bits per heavy atom. The van der Waals surface area contributed by atoms with Crippen LogP contribution in [-0.4, -0.2) is 58.2 Å². The summed E-state index contributed by atoms with van der Waals surface area (Å²) in [7, 11) is 1.60. The van der Waals surface area contributed by atoms with Gasteiger partial charge in [-0.25, -0.2) is 4.68 Å². The van der Waals surface area contributed by atoms with Crippen LogP contribution in [0.15, 0.2) is 24.3 Å². The van der Waals surface area contributed by atoms with E-state index in [0.717, 1.165) is 5.69 Å². The lowest BCUT2D eigenvalue weighted by Crippen LogP contribution is -2.48. The highest BCUT2D eigenvalue weighted by Gasteiger charge is 2.30. The molecule has 2 aromatic rings. The predicted octanol–water partition coefficient (Wildman–Crippen LogP) is 1.83. The molecule has 1 amide bonds. The minimum Gasteiger partial charge on any atom is -0.494 e. The smallest absolute Gasteiger partial charge is 0.276 e. The molecule has 0 unspecified atom stereocenters. The summed E-state index contributed by atoms with van der Waals surface area (Å²) < 4.78 is 12.7. The molecule has 1 saturated heterocycles. The molecule has 7 nitrogen and oxygen atoms in total. The first-order chi connectivity index (χ1) is 11.5. The van der Waals surface area contributed by atoms with Gasteiger partial charge in [0, 0.05) is 13.1 Å². The molecule has 0 aliphatic carbocycles. The molecule has 1 aromatic heterocycles. The molecule has 0 radical (unpaired) electrons. The molecule has 0 spiro atoms. The van der Waals surface area contributed by atoms with Crippen LogP contribution in [0.4, 0.5) is 0 Å². The number of hydrogen-bond donors (Lipinski definition) is 0. The van der Waals surface area contributed by atoms with Gasteiger partial charge in [0.2, 0.25) is 0 Å². The Morgan fingerprint density at radius 3 is 2.58 bits per heavy atom. The number of benzene rings is 1. The van der Waals surface area contributed by atoms with Crippen molar-refractivity contribution in [1.29, 1.82) is 0 Å². The molecule has 1 aromatic carbocycles. The van der Waals surface area contributed by atoms with E-state index in [9.17, 15) is 4.79 Å². The Balaban J connectivity index is 1.91. The van der Waals surface area contributed by atoms with E-state index in [2.05, 4.69) is 10.3 Å². The monoisotopic (exact) mass is 330 g/mol. The van der Waals surface area contributed by atoms with E-state index in [4.69, 9.17) is 9.47 Å². The fraction of sp³-hybridized carbons (Fsp3) is 0.471. The Morgan fingerprint density at radius 1 is 1.25 bits per heavy atom. The zero-order chi connectivity index (χ0) is 17.3. The highest BCUT2D eigenvalue weighted by Crippen LogP contribution is 2.24. The molecule has 3 rings (SSSR count). The zero-order valence-electron chi connectivity index (χ0n) is 14.4. The van der Waals surface area contributed by atoms with Gasteiger partial charge in [0.1, 0.15) is 11.4 Å². The topological polar surface area (TPSA) is 69.5 Å². The Labute approximate surface area is 141 Å². The quantitative estimate of drug-likeness (QED) is 0.859. The average molecular weight is 330 g/mol. The lowest BCUT2D eigenvalue weighted by molar-refractivity contribution is -0.0587. The van der Waals surface area contributed by atoms with Gasteiger partial charge in [-0.05, 0) is 32.9 Å². The molecular formula is C17H22N4O3. The predicted molar refractivity (Wildman–Crippen MR) is 88.6 cm³/mol. The van der Waals surface area contributed by atoms with Crippen LogP contribution in [0, 0.1) is 6.92 Å². The van der Waals surface area contributed by atoms with Crippen LogP contribution < -0.4 is 4.74 Å². The van der Waals surface area contributed by atoms with Crippen molar-refractivity contribution < 1.29 is 14.3 Å². The van der Waals surface area contributed by atoms with E-state index in [1.165, 1.54) is 0 Å². The van der Waals surface area contributed by atoms with Crippen molar-refractivity contribution in [3.8, 4) is 11.4 Å². The van der Waals surface area contributed by atoms with Gasteiger partial charge < -0.3 is 14.4 Å². The SMILES string of the molecule is COc1ccccc1-n1nnc(C(=O)N2C[C@H](C)O[C@@H](C)C2)c1C. The normalized spacial score (nSPS) is 20.9. The Hall–Kier alpha value is -2.41. The van der Waals surface area contributed by atoms with Crippen LogP contribution in [-0.2, 0) is 4.74 Å². The number of para-hydroxylation sites is 2. The van der Waals surface area contributed by atoms with Crippen LogP contribution >= 0.6 is 0 Å². The third kappa shape index (κ3) is 2.99. The second-order valence-corrected chi connectivity index (χ2v) is 6.07. The lowest BCUT2D eigenvalue weighted by atomic mass is 10.2. The molecule has 2 heterocycles. The molecule has 128 valence electrons. The summed E-state index contributed by atoms with van der Waals surface area (Å²) >= 11 is 0. The van der Waals surface area contributed by atoms with Gasteiger partial charge in [-0.2, -0.15) is 0 Å². The summed E-state index contributed by atoms with van der Waals surface area (Å²) in [5.41, 5.74) is 1.81. The molecule has 1 fully saturated rings. The molecule has 1 aliphatic heterocycles. The fourth-order valence-corrected chi connectivity index (χ4v) is 3.05. The number of amides is 1. The maximum absolute atomic E-state index is 12.8. The second-order valence-electron chi connectivity index (χ2n) is 6.07. The number of carbonyl (C=O) groups excluding carboxylic acids is 1. The van der Waals surface area contributed by atoms with Crippen LogP contribution in [0.1, 0.15) is 30.0 Å². The van der Waals surface area contributed by atoms with Gasteiger partial charge in [0.05, 0.1) is 25.0 Å². The maximum Gasteiger partial charge on any atom is 0.276 e. The number of ether oxygens (including phenoxy) is 2. The number of rotatable bonds is 3. The molecule has 1 aliphatic rings. The third-order valence-corrected chi connectivity index (χ3v) is 4.12. The first-order valence-electron chi connectivity index (χ1n) is 8.01. The van der Waals surface area contributed by atoms with Crippen molar-refractivity contribution in [3.63, 3.8) is 0 Å². The van der Waals surface area contributed by atoms with Gasteiger partial charge in [0.15, 0.2) is 5.69 Å². The fourth-order valence-electron chi connectivity index (χ4n) is 3.05. The summed E-state index contributed by atoms with van der Waals surface area (Å²) in [6.45, 7) is 6.89. The van der Waals surface area contributed by atoms with Crippen molar-refractivity contribution in [3.05, 3.63) is 35.7 Å². The van der Waals surface area contributed by atoms with Crippen molar-refractivity contribution in [2.24, 2.45) is 0 Å². The maximum atomic E-state index is 12.8. The summed E-state index contributed by atoms with van der Waals surface area (Å²) in [6.07, 6.45) is 0.0320. The van der Waals surface area contributed by atoms with E-state index in [1.807, 2.05) is 45.0 Å². The summed E-state index contributed by atoms with van der Waals surface area (Å²) in [4.78, 5) is 14.6. The van der Waals surface area contributed by atoms with Crippen molar-refractivity contribution >= 4 is 5.91 Å². The molecule has 0 bridgehead atoms. The van der Waals surface area contributed by atoms with Gasteiger partial charge in [0.25, 0.3) is 5.91 Å². The zero-order valence-corrected chi connectivity index (χ0v) is 14.4. The minimum atomic E-state index is -0.115. The van der Waals surface area contributed by atoms with Crippen LogP contribution in [0.2, 0.25) is 0 Å². The summed E-state index contributed by atoms with van der Waals surface area (Å²) in [5.74, 6) is 0.564. The summed E-state index contributed by atoms with van der Waals surface area (Å²) in [6, 6.07) is 7.51. The number of methoxy groups -OCH3 is 1. The molecule has 7 heteroatoms. The number of morpholine rings is 1. The standard InChI is InChI=1S/C17H22N4O3/c1-11-9-20(10-12(2)24-11)17(22)16-13(3)21(19-18-16)14-7-5-6-8-15(14)23-4/h5-8,11-12H,9-10H2,1-4H3/t11-,12-/m0/s1. The molecule has 24 heavy (non-hydrogen) atoms. The van der Waals surface area contributed by atoms with E-state index in [1.54, 1.807) is 16.7 Å². The van der Waals surface area contributed by atoms with Gasteiger partial charge in [-0.15, -0.1) is 5.10 Å². The second kappa shape index (κ2) is 6.60. The first-order valence-corrected chi connectivity index (χ1v) is 8.01. The van der Waals surface area contributed by atoms with Gasteiger partial charge in [-0.3, -0.25) is 4.79 Å². The number of hydrogen-bond acceptors (Lipinski definition) is 5.